The number of nitrogens with zero attached hydrogens (tertiary/aromatic N) is 1. The second-order valence-corrected chi connectivity index (χ2v) is 4.11. The molecule has 0 saturated heterocycles. The van der Waals surface area contributed by atoms with Gasteiger partial charge < -0.3 is 9.47 Å². The molecule has 0 aromatic heterocycles. The average molecular weight is 263 g/mol. The van der Waals surface area contributed by atoms with Crippen LogP contribution in [0.1, 0.15) is 17.3 Å². The van der Waals surface area contributed by atoms with Gasteiger partial charge >= 0.3 is 5.97 Å². The van der Waals surface area contributed by atoms with Gasteiger partial charge in [-0.3, -0.25) is 19.3 Å². The van der Waals surface area contributed by atoms with Crippen LogP contribution >= 0.6 is 0 Å². The number of hydrogen-bond donors (Lipinski definition) is 0. The molecule has 0 aliphatic carbocycles. The Hall–Kier alpha value is -2.37. The molecule has 1 amide bonds. The largest absolute Gasteiger partial charge is 0.479 e. The molecule has 6 heteroatoms. The zero-order valence-electron chi connectivity index (χ0n) is 10.6. The molecule has 0 bridgehead atoms. The van der Waals surface area contributed by atoms with Crippen LogP contribution in [0.3, 0.4) is 0 Å². The molecule has 1 aliphatic rings. The highest BCUT2D eigenvalue weighted by molar-refractivity contribution is 6.03. The van der Waals surface area contributed by atoms with Crippen LogP contribution in [0.25, 0.3) is 0 Å². The number of carbonyl (C=O) groups is 3. The monoisotopic (exact) mass is 263 g/mol. The van der Waals surface area contributed by atoms with Crippen LogP contribution in [0.4, 0.5) is 5.69 Å². The van der Waals surface area contributed by atoms with Gasteiger partial charge in [-0.05, 0) is 25.1 Å². The highest BCUT2D eigenvalue weighted by atomic mass is 16.5. The van der Waals surface area contributed by atoms with Gasteiger partial charge in [-0.2, -0.15) is 0 Å². The Labute approximate surface area is 109 Å². The molecule has 100 valence electrons. The van der Waals surface area contributed by atoms with E-state index in [2.05, 4.69) is 4.74 Å². The van der Waals surface area contributed by atoms with Crippen LogP contribution in [0.15, 0.2) is 18.2 Å². The molecule has 0 radical (unpaired) electrons. The smallest absolute Gasteiger partial charge is 0.325 e. The summed E-state index contributed by atoms with van der Waals surface area (Å²) in [5.41, 5.74) is 0.803. The number of hydrogen-bond acceptors (Lipinski definition) is 5. The van der Waals surface area contributed by atoms with Crippen molar-refractivity contribution in [1.29, 1.82) is 0 Å². The summed E-state index contributed by atoms with van der Waals surface area (Å²) in [5.74, 6) is -0.424. The van der Waals surface area contributed by atoms with E-state index in [-0.39, 0.29) is 12.5 Å². The molecule has 2 rings (SSSR count). The summed E-state index contributed by atoms with van der Waals surface area (Å²) in [5, 5.41) is 0. The van der Waals surface area contributed by atoms with Crippen LogP contribution in [0.5, 0.6) is 5.75 Å². The molecule has 1 aliphatic heterocycles. The summed E-state index contributed by atoms with van der Waals surface area (Å²) in [6.07, 6.45) is -0.0155. The maximum Gasteiger partial charge on any atom is 0.325 e. The molecule has 19 heavy (non-hydrogen) atoms. The van der Waals surface area contributed by atoms with Crippen molar-refractivity contribution in [1.82, 2.24) is 0 Å². The van der Waals surface area contributed by atoms with E-state index in [0.717, 1.165) is 0 Å². The number of methoxy groups -OCH3 is 1. The Balaban J connectivity index is 2.43. The van der Waals surface area contributed by atoms with E-state index < -0.39 is 12.1 Å². The standard InChI is InChI=1S/C13H13NO5/c1-8-13(17)14(6-12(16)18-2)10-5-9(7-15)3-4-11(10)19-8/h3-5,7-8H,6H2,1-2H3/t8-/m1/s1. The van der Waals surface area contributed by atoms with Crippen LogP contribution in [-0.4, -0.2) is 37.9 Å². The number of rotatable bonds is 3. The second-order valence-electron chi connectivity index (χ2n) is 4.11. The first-order valence-corrected chi connectivity index (χ1v) is 5.71. The number of amides is 1. The zero-order valence-corrected chi connectivity index (χ0v) is 10.6. The van der Waals surface area contributed by atoms with Crippen molar-refractivity contribution >= 4 is 23.9 Å². The van der Waals surface area contributed by atoms with Gasteiger partial charge in [0.1, 0.15) is 18.6 Å². The molecule has 0 N–H and O–H groups in total. The fourth-order valence-corrected chi connectivity index (χ4v) is 1.85. The minimum absolute atomic E-state index is 0.210. The first-order chi connectivity index (χ1) is 9.06. The molecule has 6 nitrogen and oxygen atoms in total. The number of fused-ring (bicyclic) bond motifs is 1. The number of aldehydes is 1. The number of anilines is 1. The van der Waals surface area contributed by atoms with Crippen LogP contribution < -0.4 is 9.64 Å². The summed E-state index contributed by atoms with van der Waals surface area (Å²) >= 11 is 0. The molecule has 1 heterocycles. The average Bonchev–Trinajstić information content (AvgIpc) is 2.43. The lowest BCUT2D eigenvalue weighted by Crippen LogP contribution is -2.47. The van der Waals surface area contributed by atoms with Crippen LogP contribution in [0.2, 0.25) is 0 Å². The number of ether oxygens (including phenoxy) is 2. The molecular formula is C13H13NO5. The van der Waals surface area contributed by atoms with Crippen molar-refractivity contribution in [2.75, 3.05) is 18.6 Å². The highest BCUT2D eigenvalue weighted by Crippen LogP contribution is 2.34. The van der Waals surface area contributed by atoms with E-state index in [9.17, 15) is 14.4 Å². The number of benzene rings is 1. The lowest BCUT2D eigenvalue weighted by molar-refractivity contribution is -0.140. The third kappa shape index (κ3) is 2.42. The van der Waals surface area contributed by atoms with Crippen molar-refractivity contribution in [2.24, 2.45) is 0 Å². The van der Waals surface area contributed by atoms with Gasteiger partial charge in [0, 0.05) is 5.56 Å². The van der Waals surface area contributed by atoms with Gasteiger partial charge in [0.2, 0.25) is 0 Å². The van der Waals surface area contributed by atoms with E-state index in [1.165, 1.54) is 18.1 Å². The Kier molecular flexibility index (Phi) is 3.50. The summed E-state index contributed by atoms with van der Waals surface area (Å²) < 4.78 is 9.99. The van der Waals surface area contributed by atoms with Crippen LogP contribution in [-0.2, 0) is 14.3 Å². The fourth-order valence-electron chi connectivity index (χ4n) is 1.85. The van der Waals surface area contributed by atoms with Crippen molar-refractivity contribution in [3.63, 3.8) is 0 Å². The van der Waals surface area contributed by atoms with Gasteiger partial charge in [0.15, 0.2) is 6.10 Å². The SMILES string of the molecule is COC(=O)CN1C(=O)[C@@H](C)Oc2ccc(C=O)cc21. The van der Waals surface area contributed by atoms with Gasteiger partial charge in [-0.15, -0.1) is 0 Å². The minimum atomic E-state index is -0.681. The van der Waals surface area contributed by atoms with Crippen molar-refractivity contribution in [3.05, 3.63) is 23.8 Å². The second kappa shape index (κ2) is 5.09. The van der Waals surface area contributed by atoms with E-state index in [0.29, 0.717) is 23.3 Å². The minimum Gasteiger partial charge on any atom is -0.479 e. The Morgan fingerprint density at radius 2 is 2.26 bits per heavy atom. The molecule has 1 atom stereocenters. The van der Waals surface area contributed by atoms with Gasteiger partial charge in [-0.25, -0.2) is 0 Å². The first-order valence-electron chi connectivity index (χ1n) is 5.71. The van der Waals surface area contributed by atoms with E-state index in [1.54, 1.807) is 19.1 Å². The van der Waals surface area contributed by atoms with Gasteiger partial charge in [0.05, 0.1) is 12.8 Å². The highest BCUT2D eigenvalue weighted by Gasteiger charge is 2.33. The molecule has 1 aromatic carbocycles. The van der Waals surface area contributed by atoms with Crippen LogP contribution in [0, 0.1) is 0 Å². The van der Waals surface area contributed by atoms with Crippen molar-refractivity contribution in [2.45, 2.75) is 13.0 Å². The molecular weight excluding hydrogens is 250 g/mol. The molecule has 1 aromatic rings. The zero-order chi connectivity index (χ0) is 14.0. The van der Waals surface area contributed by atoms with Crippen molar-refractivity contribution < 1.29 is 23.9 Å². The molecule has 0 unspecified atom stereocenters. The van der Waals surface area contributed by atoms with Gasteiger partial charge in [0.25, 0.3) is 5.91 Å². The summed E-state index contributed by atoms with van der Waals surface area (Å²) in [7, 11) is 1.25. The maximum atomic E-state index is 12.0. The lowest BCUT2D eigenvalue weighted by Gasteiger charge is -2.32. The Bertz CT molecular complexity index is 540. The fraction of sp³-hybridized carbons (Fsp3) is 0.308. The number of esters is 1. The summed E-state index contributed by atoms with van der Waals surface area (Å²) in [6, 6.07) is 4.70. The maximum absolute atomic E-state index is 12.0. The molecule has 0 saturated carbocycles. The lowest BCUT2D eigenvalue weighted by atomic mass is 10.1. The molecule has 0 spiro atoms. The van der Waals surface area contributed by atoms with Crippen molar-refractivity contribution in [3.8, 4) is 5.75 Å². The third-order valence-electron chi connectivity index (χ3n) is 2.84. The predicted molar refractivity (Wildman–Crippen MR) is 66.3 cm³/mol. The normalized spacial score (nSPS) is 17.5. The van der Waals surface area contributed by atoms with E-state index in [1.807, 2.05) is 0 Å². The van der Waals surface area contributed by atoms with E-state index >= 15 is 0 Å². The topological polar surface area (TPSA) is 72.9 Å². The first kappa shape index (κ1) is 13.1. The quantitative estimate of drug-likeness (QED) is 0.595. The predicted octanol–water partition coefficient (Wildman–Crippen LogP) is 0.786. The summed E-state index contributed by atoms with van der Waals surface area (Å²) in [6.45, 7) is 1.39. The number of carbonyl (C=O) groups excluding carboxylic acids is 3. The summed E-state index contributed by atoms with van der Waals surface area (Å²) in [4.78, 5) is 35.5. The van der Waals surface area contributed by atoms with Gasteiger partial charge in [-0.1, -0.05) is 0 Å². The van der Waals surface area contributed by atoms with E-state index in [4.69, 9.17) is 4.74 Å². The Morgan fingerprint density at radius 1 is 1.53 bits per heavy atom. The Morgan fingerprint density at radius 3 is 2.89 bits per heavy atom. The third-order valence-corrected chi connectivity index (χ3v) is 2.84. The molecule has 0 fully saturated rings.